The van der Waals surface area contributed by atoms with E-state index in [1.54, 1.807) is 31.4 Å². The first-order valence-electron chi connectivity index (χ1n) is 8.50. The number of hydrogen-bond donors (Lipinski definition) is 2. The Hall–Kier alpha value is -3.52. The minimum Gasteiger partial charge on any atom is -0.497 e. The number of carboxylic acids is 1. The molecule has 1 heterocycles. The summed E-state index contributed by atoms with van der Waals surface area (Å²) >= 11 is 6.05. The van der Waals surface area contributed by atoms with E-state index in [-0.39, 0.29) is 28.6 Å². The van der Waals surface area contributed by atoms with Crippen molar-refractivity contribution in [1.29, 1.82) is 0 Å². The second-order valence-corrected chi connectivity index (χ2v) is 6.44. The van der Waals surface area contributed by atoms with Gasteiger partial charge in [-0.1, -0.05) is 23.7 Å². The summed E-state index contributed by atoms with van der Waals surface area (Å²) in [6.07, 6.45) is 0. The molecule has 0 radical (unpaired) electrons. The molecule has 0 bridgehead atoms. The van der Waals surface area contributed by atoms with Crippen molar-refractivity contribution < 1.29 is 24.2 Å². The minimum absolute atomic E-state index is 0.0520. The number of hydrogen-bond acceptors (Lipinski definition) is 5. The molecule has 0 saturated heterocycles. The number of nitrogens with zero attached hydrogens (tertiary/aromatic N) is 2. The monoisotopic (exact) mass is 415 g/mol. The zero-order valence-corrected chi connectivity index (χ0v) is 16.4. The van der Waals surface area contributed by atoms with Crippen molar-refractivity contribution in [3.63, 3.8) is 0 Å². The molecule has 1 amide bonds. The molecule has 0 aliphatic carbocycles. The van der Waals surface area contributed by atoms with Crippen LogP contribution in [0.15, 0.2) is 48.5 Å². The molecule has 8 nitrogen and oxygen atoms in total. The Labute approximate surface area is 171 Å². The Morgan fingerprint density at radius 3 is 2.41 bits per heavy atom. The molecule has 29 heavy (non-hydrogen) atoms. The maximum atomic E-state index is 12.5. The van der Waals surface area contributed by atoms with E-state index in [0.29, 0.717) is 11.5 Å². The highest BCUT2D eigenvalue weighted by atomic mass is 35.5. The Morgan fingerprint density at radius 1 is 1.10 bits per heavy atom. The first kappa shape index (κ1) is 20.2. The van der Waals surface area contributed by atoms with Gasteiger partial charge in [0.2, 0.25) is 0 Å². The zero-order chi connectivity index (χ0) is 21.0. The van der Waals surface area contributed by atoms with Crippen LogP contribution in [0.5, 0.6) is 11.5 Å². The first-order chi connectivity index (χ1) is 13.9. The number of carboxylic acid groups (broad SMARTS) is 1. The molecular formula is C20H18ClN3O5. The molecule has 0 atom stereocenters. The van der Waals surface area contributed by atoms with Gasteiger partial charge < -0.3 is 19.9 Å². The second kappa shape index (κ2) is 8.66. The number of benzene rings is 2. The summed E-state index contributed by atoms with van der Waals surface area (Å²) in [5.74, 6) is -0.369. The number of aromatic carboxylic acids is 1. The number of carbonyl (C=O) groups excluding carboxylic acids is 1. The molecule has 0 fully saturated rings. The predicted octanol–water partition coefficient (Wildman–Crippen LogP) is 3.55. The molecule has 9 heteroatoms. The summed E-state index contributed by atoms with van der Waals surface area (Å²) in [6, 6.07) is 13.0. The van der Waals surface area contributed by atoms with Gasteiger partial charge in [-0.3, -0.25) is 9.48 Å². The molecular weight excluding hydrogens is 398 g/mol. The standard InChI is InChI=1S/C20H18ClN3O5/c1-28-14-6-3-12(4-7-14)11-24-16(20(26)27)10-18(23-24)22-19(25)13-5-8-17(29-2)15(21)9-13/h3-10H,11H2,1-2H3,(H,26,27)(H,22,23,25). The molecule has 0 saturated carbocycles. The lowest BCUT2D eigenvalue weighted by atomic mass is 10.2. The van der Waals surface area contributed by atoms with Gasteiger partial charge in [-0.2, -0.15) is 5.10 Å². The third-order valence-electron chi connectivity index (χ3n) is 4.15. The van der Waals surface area contributed by atoms with Gasteiger partial charge in [0.1, 0.15) is 17.2 Å². The van der Waals surface area contributed by atoms with Crippen LogP contribution >= 0.6 is 11.6 Å². The molecule has 0 spiro atoms. The van der Waals surface area contributed by atoms with Crippen molar-refractivity contribution in [2.24, 2.45) is 0 Å². The maximum Gasteiger partial charge on any atom is 0.354 e. The van der Waals surface area contributed by atoms with Crippen LogP contribution in [0.3, 0.4) is 0 Å². The molecule has 0 unspecified atom stereocenters. The zero-order valence-electron chi connectivity index (χ0n) is 15.7. The molecule has 3 rings (SSSR count). The van der Waals surface area contributed by atoms with Crippen molar-refractivity contribution in [3.05, 3.63) is 70.4 Å². The minimum atomic E-state index is -1.15. The Balaban J connectivity index is 1.81. The summed E-state index contributed by atoms with van der Waals surface area (Å²) in [4.78, 5) is 24.0. The maximum absolute atomic E-state index is 12.5. The van der Waals surface area contributed by atoms with Gasteiger partial charge in [-0.05, 0) is 35.9 Å². The van der Waals surface area contributed by atoms with Crippen molar-refractivity contribution in [1.82, 2.24) is 9.78 Å². The van der Waals surface area contributed by atoms with Crippen LogP contribution in [0.25, 0.3) is 0 Å². The highest BCUT2D eigenvalue weighted by Gasteiger charge is 2.17. The van der Waals surface area contributed by atoms with Crippen molar-refractivity contribution in [3.8, 4) is 11.5 Å². The highest BCUT2D eigenvalue weighted by Crippen LogP contribution is 2.25. The summed E-state index contributed by atoms with van der Waals surface area (Å²) < 4.78 is 11.5. The van der Waals surface area contributed by atoms with Gasteiger partial charge in [-0.25, -0.2) is 4.79 Å². The molecule has 3 aromatic rings. The normalized spacial score (nSPS) is 10.4. The molecule has 0 aliphatic heterocycles. The smallest absolute Gasteiger partial charge is 0.354 e. The van der Waals surface area contributed by atoms with E-state index in [0.717, 1.165) is 5.56 Å². The molecule has 150 valence electrons. The second-order valence-electron chi connectivity index (χ2n) is 6.03. The van der Waals surface area contributed by atoms with Crippen LogP contribution in [0.4, 0.5) is 5.82 Å². The number of halogens is 1. The third kappa shape index (κ3) is 4.67. The van der Waals surface area contributed by atoms with Crippen LogP contribution in [-0.4, -0.2) is 41.0 Å². The predicted molar refractivity (Wildman–Crippen MR) is 107 cm³/mol. The molecule has 2 aromatic carbocycles. The number of ether oxygens (including phenoxy) is 2. The number of aromatic nitrogens is 2. The Morgan fingerprint density at radius 2 is 1.83 bits per heavy atom. The van der Waals surface area contributed by atoms with Crippen molar-refractivity contribution in [2.45, 2.75) is 6.54 Å². The van der Waals surface area contributed by atoms with Crippen molar-refractivity contribution >= 4 is 29.3 Å². The van der Waals surface area contributed by atoms with E-state index >= 15 is 0 Å². The van der Waals surface area contributed by atoms with Crippen LogP contribution in [0, 0.1) is 0 Å². The van der Waals surface area contributed by atoms with Gasteiger partial charge in [0.05, 0.1) is 25.8 Å². The lowest BCUT2D eigenvalue weighted by Gasteiger charge is -2.07. The van der Waals surface area contributed by atoms with E-state index in [2.05, 4.69) is 10.4 Å². The van der Waals surface area contributed by atoms with Gasteiger partial charge in [0.15, 0.2) is 5.82 Å². The van der Waals surface area contributed by atoms with Gasteiger partial charge in [0, 0.05) is 11.6 Å². The number of anilines is 1. The van der Waals surface area contributed by atoms with E-state index in [1.165, 1.54) is 23.9 Å². The van der Waals surface area contributed by atoms with Gasteiger partial charge in [0.25, 0.3) is 5.91 Å². The summed E-state index contributed by atoms with van der Waals surface area (Å²) in [5.41, 5.74) is 1.07. The largest absolute Gasteiger partial charge is 0.497 e. The number of methoxy groups -OCH3 is 2. The lowest BCUT2D eigenvalue weighted by molar-refractivity contribution is 0.0683. The fraction of sp³-hybridized carbons (Fsp3) is 0.150. The lowest BCUT2D eigenvalue weighted by Crippen LogP contribution is -2.13. The van der Waals surface area contributed by atoms with E-state index < -0.39 is 11.9 Å². The third-order valence-corrected chi connectivity index (χ3v) is 4.44. The summed E-state index contributed by atoms with van der Waals surface area (Å²) in [6.45, 7) is 0.218. The molecule has 1 aromatic heterocycles. The van der Waals surface area contributed by atoms with E-state index in [1.807, 2.05) is 12.1 Å². The SMILES string of the molecule is COc1ccc(Cn2nc(NC(=O)c3ccc(OC)c(Cl)c3)cc2C(=O)O)cc1. The number of rotatable bonds is 7. The summed E-state index contributed by atoms with van der Waals surface area (Å²) in [5, 5.41) is 16.5. The van der Waals surface area contributed by atoms with E-state index in [9.17, 15) is 14.7 Å². The number of carbonyl (C=O) groups is 2. The van der Waals surface area contributed by atoms with Crippen LogP contribution in [0.1, 0.15) is 26.4 Å². The Kier molecular flexibility index (Phi) is 6.04. The fourth-order valence-electron chi connectivity index (χ4n) is 2.67. The average Bonchev–Trinajstić information content (AvgIpc) is 3.10. The Bertz CT molecular complexity index is 1050. The topological polar surface area (TPSA) is 103 Å². The van der Waals surface area contributed by atoms with Crippen molar-refractivity contribution in [2.75, 3.05) is 19.5 Å². The van der Waals surface area contributed by atoms with Crippen LogP contribution < -0.4 is 14.8 Å². The number of amides is 1. The summed E-state index contributed by atoms with van der Waals surface area (Å²) in [7, 11) is 3.04. The molecule has 0 aliphatic rings. The van der Waals surface area contributed by atoms with E-state index in [4.69, 9.17) is 21.1 Å². The average molecular weight is 416 g/mol. The molecule has 2 N–H and O–H groups in total. The first-order valence-corrected chi connectivity index (χ1v) is 8.88. The number of nitrogens with one attached hydrogen (secondary N) is 1. The van der Waals surface area contributed by atoms with Gasteiger partial charge in [-0.15, -0.1) is 0 Å². The highest BCUT2D eigenvalue weighted by molar-refractivity contribution is 6.32. The van der Waals surface area contributed by atoms with Crippen LogP contribution in [-0.2, 0) is 6.54 Å². The quantitative estimate of drug-likeness (QED) is 0.611. The van der Waals surface area contributed by atoms with Crippen LogP contribution in [0.2, 0.25) is 5.02 Å². The van der Waals surface area contributed by atoms with Gasteiger partial charge >= 0.3 is 5.97 Å². The fourth-order valence-corrected chi connectivity index (χ4v) is 2.93.